The molecule has 1 aromatic carbocycles. The van der Waals surface area contributed by atoms with Crippen LogP contribution >= 0.6 is 0 Å². The average molecular weight is 441 g/mol. The summed E-state index contributed by atoms with van der Waals surface area (Å²) in [7, 11) is 2.97. The number of ether oxygens (including phenoxy) is 1. The van der Waals surface area contributed by atoms with Gasteiger partial charge in [0.2, 0.25) is 5.91 Å². The summed E-state index contributed by atoms with van der Waals surface area (Å²) in [5, 5.41) is 3.12. The quantitative estimate of drug-likeness (QED) is 0.576. The van der Waals surface area contributed by atoms with Gasteiger partial charge in [-0.25, -0.2) is 9.78 Å². The van der Waals surface area contributed by atoms with Crippen LogP contribution in [0.3, 0.4) is 0 Å². The van der Waals surface area contributed by atoms with E-state index in [1.807, 2.05) is 31.2 Å². The second kappa shape index (κ2) is 9.09. The van der Waals surface area contributed by atoms with Gasteiger partial charge >= 0.3 is 5.69 Å². The number of fused-ring (bicyclic) bond motifs is 1. The molecule has 32 heavy (non-hydrogen) atoms. The number of benzene rings is 1. The van der Waals surface area contributed by atoms with Crippen LogP contribution in [0.5, 0.6) is 0 Å². The van der Waals surface area contributed by atoms with Crippen LogP contribution in [-0.2, 0) is 30.2 Å². The number of rotatable bonds is 6. The molecule has 1 atom stereocenters. The lowest BCUT2D eigenvalue weighted by molar-refractivity contribution is -0.122. The molecule has 1 aliphatic heterocycles. The molecule has 0 spiro atoms. The molecule has 0 radical (unpaired) electrons. The van der Waals surface area contributed by atoms with Crippen LogP contribution in [0.25, 0.3) is 11.2 Å². The number of carbonyl (C=O) groups excluding carboxylic acids is 1. The molecule has 3 heterocycles. The van der Waals surface area contributed by atoms with E-state index in [0.29, 0.717) is 19.8 Å². The Bertz CT molecular complexity index is 1230. The normalized spacial score (nSPS) is 15.7. The number of hydrogen-bond donors (Lipinski definition) is 1. The Balaban J connectivity index is 1.58. The zero-order valence-corrected chi connectivity index (χ0v) is 18.6. The fourth-order valence-corrected chi connectivity index (χ4v) is 3.99. The summed E-state index contributed by atoms with van der Waals surface area (Å²) in [5.74, 6) is -0.237. The number of morpholine rings is 1. The van der Waals surface area contributed by atoms with Crippen molar-refractivity contribution >= 4 is 17.1 Å². The largest absolute Gasteiger partial charge is 0.379 e. The minimum Gasteiger partial charge on any atom is -0.379 e. The first-order valence-corrected chi connectivity index (χ1v) is 10.6. The van der Waals surface area contributed by atoms with Gasteiger partial charge in [-0.1, -0.05) is 29.8 Å². The van der Waals surface area contributed by atoms with Crippen molar-refractivity contribution < 1.29 is 9.53 Å². The van der Waals surface area contributed by atoms with Gasteiger partial charge in [0.1, 0.15) is 6.54 Å². The minimum atomic E-state index is -0.475. The first kappa shape index (κ1) is 22.0. The van der Waals surface area contributed by atoms with Crippen molar-refractivity contribution in [2.24, 2.45) is 14.1 Å². The van der Waals surface area contributed by atoms with Gasteiger partial charge in [0.15, 0.2) is 11.2 Å². The molecule has 0 aliphatic carbocycles. The van der Waals surface area contributed by atoms with Crippen molar-refractivity contribution in [2.75, 3.05) is 32.8 Å². The molecule has 1 fully saturated rings. The van der Waals surface area contributed by atoms with Crippen LogP contribution in [0.2, 0.25) is 0 Å². The molecule has 2 aromatic heterocycles. The Hall–Kier alpha value is -3.24. The van der Waals surface area contributed by atoms with E-state index in [1.54, 1.807) is 7.05 Å². The summed E-state index contributed by atoms with van der Waals surface area (Å²) in [6.45, 7) is 5.60. The standard InChI is InChI=1S/C22H28N6O4/c1-15-4-6-16(7-5-15)17(12-27-8-10-32-11-9-27)24-18(29)13-28-14-23-20-19(28)21(30)26(3)22(31)25(20)2/h4-7,14,17H,8-13H2,1-3H3,(H,24,29)/t17-/m0/s1. The Labute approximate surface area is 185 Å². The zero-order chi connectivity index (χ0) is 22.8. The van der Waals surface area contributed by atoms with Crippen LogP contribution in [0.4, 0.5) is 0 Å². The van der Waals surface area contributed by atoms with E-state index < -0.39 is 11.2 Å². The summed E-state index contributed by atoms with van der Waals surface area (Å²) in [6, 6.07) is 7.91. The summed E-state index contributed by atoms with van der Waals surface area (Å²) >= 11 is 0. The number of hydrogen-bond acceptors (Lipinski definition) is 6. The maximum Gasteiger partial charge on any atom is 0.332 e. The average Bonchev–Trinajstić information content (AvgIpc) is 3.20. The van der Waals surface area contributed by atoms with Crippen molar-refractivity contribution in [3.8, 4) is 0 Å². The lowest BCUT2D eigenvalue weighted by atomic mass is 10.0. The van der Waals surface area contributed by atoms with Crippen molar-refractivity contribution in [3.05, 3.63) is 62.6 Å². The number of carbonyl (C=O) groups is 1. The Morgan fingerprint density at radius 3 is 2.50 bits per heavy atom. The monoisotopic (exact) mass is 440 g/mol. The van der Waals surface area contributed by atoms with E-state index in [9.17, 15) is 14.4 Å². The molecular formula is C22H28N6O4. The van der Waals surface area contributed by atoms with Crippen LogP contribution in [0.1, 0.15) is 17.2 Å². The number of amides is 1. The van der Waals surface area contributed by atoms with E-state index in [4.69, 9.17) is 4.74 Å². The highest BCUT2D eigenvalue weighted by molar-refractivity contribution is 5.79. The second-order valence-corrected chi connectivity index (χ2v) is 8.19. The van der Waals surface area contributed by atoms with Crippen molar-refractivity contribution in [1.29, 1.82) is 0 Å². The molecule has 0 saturated carbocycles. The van der Waals surface area contributed by atoms with Crippen LogP contribution in [0, 0.1) is 6.92 Å². The van der Waals surface area contributed by atoms with Crippen molar-refractivity contribution in [3.63, 3.8) is 0 Å². The molecule has 10 nitrogen and oxygen atoms in total. The lowest BCUT2D eigenvalue weighted by Crippen LogP contribution is -2.44. The van der Waals surface area contributed by atoms with Crippen molar-refractivity contribution in [2.45, 2.75) is 19.5 Å². The first-order chi connectivity index (χ1) is 15.3. The van der Waals surface area contributed by atoms with Gasteiger partial charge < -0.3 is 14.6 Å². The molecule has 1 saturated heterocycles. The lowest BCUT2D eigenvalue weighted by Gasteiger charge is -2.31. The molecule has 3 aromatic rings. The summed E-state index contributed by atoms with van der Waals surface area (Å²) < 4.78 is 9.26. The van der Waals surface area contributed by atoms with E-state index in [0.717, 1.165) is 28.8 Å². The van der Waals surface area contributed by atoms with E-state index >= 15 is 0 Å². The predicted octanol–water partition coefficient (Wildman–Crippen LogP) is -0.0682. The number of nitrogens with one attached hydrogen (secondary N) is 1. The molecule has 1 aliphatic rings. The van der Waals surface area contributed by atoms with Gasteiger partial charge in [-0.2, -0.15) is 0 Å². The number of imidazole rings is 1. The number of aryl methyl sites for hydroxylation is 2. The van der Waals surface area contributed by atoms with Crippen LogP contribution in [-0.4, -0.2) is 62.3 Å². The first-order valence-electron chi connectivity index (χ1n) is 10.6. The molecular weight excluding hydrogens is 412 g/mol. The number of nitrogens with zero attached hydrogens (tertiary/aromatic N) is 5. The van der Waals surface area contributed by atoms with Gasteiger partial charge in [0.25, 0.3) is 5.56 Å². The third-order valence-electron chi connectivity index (χ3n) is 5.89. The van der Waals surface area contributed by atoms with Gasteiger partial charge in [0, 0.05) is 33.7 Å². The topological polar surface area (TPSA) is 103 Å². The van der Waals surface area contributed by atoms with Gasteiger partial charge in [-0.05, 0) is 12.5 Å². The summed E-state index contributed by atoms with van der Waals surface area (Å²) in [4.78, 5) is 44.2. The third kappa shape index (κ3) is 4.37. The molecule has 4 rings (SSSR count). The van der Waals surface area contributed by atoms with Gasteiger partial charge in [-0.3, -0.25) is 23.6 Å². The minimum absolute atomic E-state index is 0.0740. The number of aromatic nitrogens is 4. The fourth-order valence-electron chi connectivity index (χ4n) is 3.99. The van der Waals surface area contributed by atoms with E-state index in [2.05, 4.69) is 15.2 Å². The summed E-state index contributed by atoms with van der Waals surface area (Å²) in [6.07, 6.45) is 1.42. The van der Waals surface area contributed by atoms with Gasteiger partial charge in [-0.15, -0.1) is 0 Å². The third-order valence-corrected chi connectivity index (χ3v) is 5.89. The smallest absolute Gasteiger partial charge is 0.332 e. The van der Waals surface area contributed by atoms with E-state index in [1.165, 1.54) is 22.5 Å². The molecule has 10 heteroatoms. The Morgan fingerprint density at radius 2 is 1.81 bits per heavy atom. The highest BCUT2D eigenvalue weighted by atomic mass is 16.5. The maximum absolute atomic E-state index is 13.0. The van der Waals surface area contributed by atoms with Gasteiger partial charge in [0.05, 0.1) is 25.6 Å². The van der Waals surface area contributed by atoms with Crippen LogP contribution in [0.15, 0.2) is 40.2 Å². The maximum atomic E-state index is 13.0. The predicted molar refractivity (Wildman–Crippen MR) is 120 cm³/mol. The Kier molecular flexibility index (Phi) is 6.24. The van der Waals surface area contributed by atoms with E-state index in [-0.39, 0.29) is 29.7 Å². The molecule has 1 amide bonds. The molecule has 0 bridgehead atoms. The molecule has 170 valence electrons. The second-order valence-electron chi connectivity index (χ2n) is 8.19. The highest BCUT2D eigenvalue weighted by Crippen LogP contribution is 2.17. The zero-order valence-electron chi connectivity index (χ0n) is 18.6. The molecule has 0 unspecified atom stereocenters. The Morgan fingerprint density at radius 1 is 1.12 bits per heavy atom. The SMILES string of the molecule is Cc1ccc([C@H](CN2CCOCC2)NC(=O)Cn2cnc3c2c(=O)n(C)c(=O)n3C)cc1. The summed E-state index contributed by atoms with van der Waals surface area (Å²) in [5.41, 5.74) is 1.72. The van der Waals surface area contributed by atoms with Crippen molar-refractivity contribution in [1.82, 2.24) is 28.9 Å². The van der Waals surface area contributed by atoms with Crippen LogP contribution < -0.4 is 16.6 Å². The highest BCUT2D eigenvalue weighted by Gasteiger charge is 2.22. The molecule has 1 N–H and O–H groups in total. The fraction of sp³-hybridized carbons (Fsp3) is 0.455.